The second kappa shape index (κ2) is 6.44. The number of nitrogens with one attached hydrogen (secondary N) is 1. The van der Waals surface area contributed by atoms with Gasteiger partial charge in [-0.2, -0.15) is 0 Å². The normalized spacial score (nSPS) is 13.8. The zero-order valence-corrected chi connectivity index (χ0v) is 10.6. The van der Waals surface area contributed by atoms with Crippen molar-refractivity contribution in [1.29, 1.82) is 0 Å². The summed E-state index contributed by atoms with van der Waals surface area (Å²) >= 11 is 0. The van der Waals surface area contributed by atoms with Crippen LogP contribution in [0.1, 0.15) is 17.3 Å². The highest BCUT2D eigenvalue weighted by Gasteiger charge is 2.19. The molecule has 1 aromatic carbocycles. The van der Waals surface area contributed by atoms with Gasteiger partial charge in [-0.3, -0.25) is 0 Å². The molecule has 0 saturated carbocycles. The number of hydrogen-bond donors (Lipinski definition) is 3. The Morgan fingerprint density at radius 2 is 2.11 bits per heavy atom. The van der Waals surface area contributed by atoms with E-state index in [4.69, 9.17) is 5.73 Å². The molecule has 7 heteroatoms. The van der Waals surface area contributed by atoms with Crippen molar-refractivity contribution in [2.75, 3.05) is 19.0 Å². The second-order valence-corrected chi connectivity index (χ2v) is 4.07. The summed E-state index contributed by atoms with van der Waals surface area (Å²) in [4.78, 5) is 11.2. The Labute approximate surface area is 109 Å². The zero-order valence-electron chi connectivity index (χ0n) is 10.6. The molecule has 0 heterocycles. The third-order valence-corrected chi connectivity index (χ3v) is 2.64. The first-order valence-corrected chi connectivity index (χ1v) is 5.62. The van der Waals surface area contributed by atoms with Crippen molar-refractivity contribution in [3.05, 3.63) is 29.3 Å². The van der Waals surface area contributed by atoms with E-state index in [1.807, 2.05) is 0 Å². The summed E-state index contributed by atoms with van der Waals surface area (Å²) in [6.45, 7) is 1.55. The molecule has 1 aromatic rings. The molecule has 2 atom stereocenters. The number of hydrogen-bond acceptors (Lipinski definition) is 5. The minimum Gasteiger partial charge on any atom is -0.465 e. The number of esters is 1. The fraction of sp³-hybridized carbons (Fsp3) is 0.417. The minimum absolute atomic E-state index is 0.0611. The van der Waals surface area contributed by atoms with Crippen molar-refractivity contribution < 1.29 is 23.4 Å². The molecular formula is C12H16F2N2O3. The monoisotopic (exact) mass is 274 g/mol. The molecule has 2 unspecified atom stereocenters. The Morgan fingerprint density at radius 3 is 2.63 bits per heavy atom. The van der Waals surface area contributed by atoms with Crippen molar-refractivity contribution in [2.24, 2.45) is 5.73 Å². The molecule has 4 N–H and O–H groups in total. The van der Waals surface area contributed by atoms with Crippen LogP contribution in [0, 0.1) is 11.6 Å². The van der Waals surface area contributed by atoms with Crippen LogP contribution in [0.25, 0.3) is 0 Å². The molecule has 1 rings (SSSR count). The lowest BCUT2D eigenvalue weighted by atomic mass is 10.1. The van der Waals surface area contributed by atoms with Crippen LogP contribution >= 0.6 is 0 Å². The predicted octanol–water partition coefficient (Wildman–Crippen LogP) is 0.871. The number of aliphatic hydroxyl groups is 1. The lowest BCUT2D eigenvalue weighted by molar-refractivity contribution is 0.0594. The quantitative estimate of drug-likeness (QED) is 0.694. The number of rotatable bonds is 5. The predicted molar refractivity (Wildman–Crippen MR) is 65.8 cm³/mol. The van der Waals surface area contributed by atoms with Crippen LogP contribution in [-0.2, 0) is 4.74 Å². The third kappa shape index (κ3) is 3.62. The maximum Gasteiger partial charge on any atom is 0.340 e. The number of carbonyl (C=O) groups excluding carboxylic acids is 1. The fourth-order valence-electron chi connectivity index (χ4n) is 1.35. The molecule has 0 radical (unpaired) electrons. The highest BCUT2D eigenvalue weighted by molar-refractivity contribution is 5.90. The highest BCUT2D eigenvalue weighted by atomic mass is 19.2. The van der Waals surface area contributed by atoms with E-state index < -0.39 is 35.3 Å². The summed E-state index contributed by atoms with van der Waals surface area (Å²) < 4.78 is 31.6. The van der Waals surface area contributed by atoms with Gasteiger partial charge in [-0.05, 0) is 19.1 Å². The fourth-order valence-corrected chi connectivity index (χ4v) is 1.35. The van der Waals surface area contributed by atoms with E-state index in [9.17, 15) is 18.7 Å². The SMILES string of the molecule is COC(=O)c1ccc(NCC(N)C(C)O)c(F)c1F. The number of nitrogens with two attached hydrogens (primary N) is 1. The van der Waals surface area contributed by atoms with Crippen LogP contribution in [0.2, 0.25) is 0 Å². The molecule has 0 amide bonds. The van der Waals surface area contributed by atoms with Gasteiger partial charge in [0.1, 0.15) is 0 Å². The number of ether oxygens (including phenoxy) is 1. The number of halogens is 2. The van der Waals surface area contributed by atoms with Crippen molar-refractivity contribution in [2.45, 2.75) is 19.1 Å². The molecule has 106 valence electrons. The minimum atomic E-state index is -1.29. The van der Waals surface area contributed by atoms with Gasteiger partial charge in [-0.1, -0.05) is 0 Å². The van der Waals surface area contributed by atoms with Crippen LogP contribution in [0.5, 0.6) is 0 Å². The zero-order chi connectivity index (χ0) is 14.6. The maximum absolute atomic E-state index is 13.7. The van der Waals surface area contributed by atoms with Gasteiger partial charge in [0.05, 0.1) is 24.5 Å². The Kier molecular flexibility index (Phi) is 5.20. The molecule has 0 spiro atoms. The van der Waals surface area contributed by atoms with Crippen molar-refractivity contribution >= 4 is 11.7 Å². The number of benzene rings is 1. The van der Waals surface area contributed by atoms with E-state index in [1.165, 1.54) is 13.0 Å². The standard InChI is InChI=1S/C12H16F2N2O3/c1-6(17)8(15)5-16-9-4-3-7(12(18)19-2)10(13)11(9)14/h3-4,6,8,16-17H,5,15H2,1-2H3. The number of aliphatic hydroxyl groups excluding tert-OH is 1. The maximum atomic E-state index is 13.7. The van der Waals surface area contributed by atoms with Crippen molar-refractivity contribution in [3.63, 3.8) is 0 Å². The molecule has 0 aliphatic rings. The van der Waals surface area contributed by atoms with Gasteiger partial charge in [0.15, 0.2) is 11.6 Å². The van der Waals surface area contributed by atoms with Crippen LogP contribution in [0.15, 0.2) is 12.1 Å². The molecule has 0 fully saturated rings. The molecule has 0 aliphatic heterocycles. The topological polar surface area (TPSA) is 84.6 Å². The Balaban J connectivity index is 2.88. The average Bonchev–Trinajstić information content (AvgIpc) is 2.39. The average molecular weight is 274 g/mol. The Hall–Kier alpha value is -1.73. The van der Waals surface area contributed by atoms with E-state index >= 15 is 0 Å². The van der Waals surface area contributed by atoms with Gasteiger partial charge in [-0.25, -0.2) is 13.6 Å². The third-order valence-electron chi connectivity index (χ3n) is 2.64. The van der Waals surface area contributed by atoms with Crippen LogP contribution < -0.4 is 11.1 Å². The highest BCUT2D eigenvalue weighted by Crippen LogP contribution is 2.21. The van der Waals surface area contributed by atoms with Crippen LogP contribution in [-0.4, -0.2) is 36.9 Å². The Bertz CT molecular complexity index is 467. The van der Waals surface area contributed by atoms with Gasteiger partial charge in [0.2, 0.25) is 0 Å². The summed E-state index contributed by atoms with van der Waals surface area (Å²) in [7, 11) is 1.08. The summed E-state index contributed by atoms with van der Waals surface area (Å²) in [5, 5.41) is 11.7. The first-order chi connectivity index (χ1) is 8.88. The van der Waals surface area contributed by atoms with E-state index in [2.05, 4.69) is 10.1 Å². The summed E-state index contributed by atoms with van der Waals surface area (Å²) in [6.07, 6.45) is -0.783. The summed E-state index contributed by atoms with van der Waals surface area (Å²) in [6, 6.07) is 1.70. The Morgan fingerprint density at radius 1 is 1.47 bits per heavy atom. The van der Waals surface area contributed by atoms with Crippen LogP contribution in [0.4, 0.5) is 14.5 Å². The van der Waals surface area contributed by atoms with Gasteiger partial charge in [0.25, 0.3) is 0 Å². The molecular weight excluding hydrogens is 258 g/mol. The molecule has 19 heavy (non-hydrogen) atoms. The molecule has 0 bridgehead atoms. The van der Waals surface area contributed by atoms with E-state index in [1.54, 1.807) is 0 Å². The van der Waals surface area contributed by atoms with Gasteiger partial charge in [-0.15, -0.1) is 0 Å². The first kappa shape index (κ1) is 15.3. The van der Waals surface area contributed by atoms with Gasteiger partial charge in [0, 0.05) is 12.6 Å². The van der Waals surface area contributed by atoms with E-state index in [0.29, 0.717) is 0 Å². The largest absolute Gasteiger partial charge is 0.465 e. The molecule has 0 aliphatic carbocycles. The molecule has 0 saturated heterocycles. The van der Waals surface area contributed by atoms with E-state index in [-0.39, 0.29) is 12.2 Å². The van der Waals surface area contributed by atoms with Crippen LogP contribution in [0.3, 0.4) is 0 Å². The smallest absolute Gasteiger partial charge is 0.340 e. The molecule has 5 nitrogen and oxygen atoms in total. The number of methoxy groups -OCH3 is 1. The van der Waals surface area contributed by atoms with Crippen molar-refractivity contribution in [3.8, 4) is 0 Å². The van der Waals surface area contributed by atoms with E-state index in [0.717, 1.165) is 13.2 Å². The number of anilines is 1. The van der Waals surface area contributed by atoms with Gasteiger partial charge < -0.3 is 20.9 Å². The summed E-state index contributed by atoms with van der Waals surface area (Å²) in [5.41, 5.74) is 4.93. The van der Waals surface area contributed by atoms with Gasteiger partial charge >= 0.3 is 5.97 Å². The van der Waals surface area contributed by atoms with Crippen molar-refractivity contribution in [1.82, 2.24) is 0 Å². The number of carbonyl (C=O) groups is 1. The lowest BCUT2D eigenvalue weighted by Crippen LogP contribution is -2.38. The molecule has 0 aromatic heterocycles. The second-order valence-electron chi connectivity index (χ2n) is 4.07. The summed E-state index contributed by atoms with van der Waals surface area (Å²) in [5.74, 6) is -3.44. The first-order valence-electron chi connectivity index (χ1n) is 5.62. The lowest BCUT2D eigenvalue weighted by Gasteiger charge is -2.16.